The van der Waals surface area contributed by atoms with Gasteiger partial charge in [0.05, 0.1) is 12.0 Å². The van der Waals surface area contributed by atoms with E-state index in [9.17, 15) is 23.5 Å². The Bertz CT molecular complexity index is 921. The molecule has 7 heteroatoms. The Labute approximate surface area is 148 Å². The van der Waals surface area contributed by atoms with E-state index in [1.54, 1.807) is 24.3 Å². The highest BCUT2D eigenvalue weighted by molar-refractivity contribution is 6.04. The number of alkyl halides is 2. The summed E-state index contributed by atoms with van der Waals surface area (Å²) in [6, 6.07) is 7.64. The Morgan fingerprint density at radius 1 is 1.27 bits per heavy atom. The summed E-state index contributed by atoms with van der Waals surface area (Å²) in [5.74, 6) is -3.99. The van der Waals surface area contributed by atoms with E-state index in [1.165, 1.54) is 6.07 Å². The maximum atomic E-state index is 13.1. The molecule has 1 fully saturated rings. The molecule has 5 nitrogen and oxygen atoms in total. The van der Waals surface area contributed by atoms with Gasteiger partial charge < -0.3 is 15.4 Å². The number of benzene rings is 1. The molecule has 2 atom stereocenters. The summed E-state index contributed by atoms with van der Waals surface area (Å²) < 4.78 is 26.2. The topological polar surface area (TPSA) is 82.2 Å². The number of anilines is 1. The number of halogens is 2. The van der Waals surface area contributed by atoms with Gasteiger partial charge in [-0.05, 0) is 43.0 Å². The van der Waals surface area contributed by atoms with Crippen LogP contribution in [0.3, 0.4) is 0 Å². The van der Waals surface area contributed by atoms with Gasteiger partial charge in [0.2, 0.25) is 0 Å². The third-order valence-electron chi connectivity index (χ3n) is 5.06. The summed E-state index contributed by atoms with van der Waals surface area (Å²) in [5, 5.41) is 12.7. The first kappa shape index (κ1) is 16.9. The van der Waals surface area contributed by atoms with Crippen LogP contribution in [-0.4, -0.2) is 21.9 Å². The summed E-state index contributed by atoms with van der Waals surface area (Å²) in [7, 11) is 0. The second-order valence-corrected chi connectivity index (χ2v) is 6.95. The van der Waals surface area contributed by atoms with Crippen molar-refractivity contribution in [3.05, 3.63) is 63.1 Å². The normalized spacial score (nSPS) is 23.2. The van der Waals surface area contributed by atoms with Gasteiger partial charge in [-0.1, -0.05) is 12.1 Å². The van der Waals surface area contributed by atoms with Crippen molar-refractivity contribution in [2.75, 3.05) is 5.32 Å². The Morgan fingerprint density at radius 2 is 1.96 bits per heavy atom. The fourth-order valence-electron chi connectivity index (χ4n) is 3.46. The third-order valence-corrected chi connectivity index (χ3v) is 5.06. The van der Waals surface area contributed by atoms with Crippen molar-refractivity contribution in [2.24, 2.45) is 0 Å². The first-order valence-corrected chi connectivity index (χ1v) is 8.58. The van der Waals surface area contributed by atoms with Crippen LogP contribution in [0.15, 0.2) is 35.1 Å². The summed E-state index contributed by atoms with van der Waals surface area (Å²) in [6.07, 6.45) is 1.19. The van der Waals surface area contributed by atoms with Gasteiger partial charge in [0.15, 0.2) is 0 Å². The molecular weight excluding hydrogens is 342 g/mol. The molecule has 2 aromatic rings. The smallest absolute Gasteiger partial charge is 0.261 e. The molecule has 0 bridgehead atoms. The highest BCUT2D eigenvalue weighted by atomic mass is 19.3. The van der Waals surface area contributed by atoms with Crippen molar-refractivity contribution >= 4 is 11.6 Å². The van der Waals surface area contributed by atoms with Crippen molar-refractivity contribution < 1.29 is 18.7 Å². The molecule has 2 aliphatic rings. The number of carbonyl (C=O) groups excluding carboxylic acids is 1. The fourth-order valence-corrected chi connectivity index (χ4v) is 3.46. The van der Waals surface area contributed by atoms with Crippen LogP contribution in [0.25, 0.3) is 0 Å². The maximum Gasteiger partial charge on any atom is 0.261 e. The molecular formula is C19H18F2N2O3. The number of hydrogen-bond acceptors (Lipinski definition) is 3. The zero-order valence-electron chi connectivity index (χ0n) is 13.9. The van der Waals surface area contributed by atoms with Crippen LogP contribution in [0.5, 0.6) is 0 Å². The number of H-pyrrole nitrogens is 1. The lowest BCUT2D eigenvalue weighted by Gasteiger charge is -2.21. The molecule has 4 rings (SSSR count). The molecule has 2 aliphatic carbocycles. The molecule has 1 heterocycles. The van der Waals surface area contributed by atoms with Crippen LogP contribution in [-0.2, 0) is 6.42 Å². The highest BCUT2D eigenvalue weighted by Crippen LogP contribution is 2.55. The first-order valence-electron chi connectivity index (χ1n) is 8.58. The molecule has 2 unspecified atom stereocenters. The molecule has 1 saturated carbocycles. The lowest BCUT2D eigenvalue weighted by molar-refractivity contribution is 0.102. The SMILES string of the molecule is O=C(Nc1ccc(C2CC2(F)F)cc1)c1cc2c([nH]c1=O)CCCC2O. The summed E-state index contributed by atoms with van der Waals surface area (Å²) in [4.78, 5) is 27.3. The van der Waals surface area contributed by atoms with Crippen molar-refractivity contribution in [3.63, 3.8) is 0 Å². The number of aromatic amines is 1. The molecule has 0 aliphatic heterocycles. The van der Waals surface area contributed by atoms with E-state index in [-0.39, 0.29) is 12.0 Å². The van der Waals surface area contributed by atoms with Crippen LogP contribution >= 0.6 is 0 Å². The number of carbonyl (C=O) groups is 1. The van der Waals surface area contributed by atoms with E-state index in [0.29, 0.717) is 35.3 Å². The summed E-state index contributed by atoms with van der Waals surface area (Å²) in [6.45, 7) is 0. The van der Waals surface area contributed by atoms with E-state index >= 15 is 0 Å². The number of pyridine rings is 1. The molecule has 0 saturated heterocycles. The van der Waals surface area contributed by atoms with Gasteiger partial charge in [-0.3, -0.25) is 9.59 Å². The number of aromatic nitrogens is 1. The standard InChI is InChI=1S/C19H18F2N2O3/c20-19(21)9-14(19)10-4-6-11(7-5-10)22-17(25)13-8-12-15(23-18(13)26)2-1-3-16(12)24/h4-8,14,16,24H,1-3,9H2,(H,22,25)(H,23,26). The molecule has 1 aromatic carbocycles. The quantitative estimate of drug-likeness (QED) is 0.787. The average Bonchev–Trinajstić information content (AvgIpc) is 3.23. The first-order chi connectivity index (χ1) is 12.3. The molecule has 0 spiro atoms. The van der Waals surface area contributed by atoms with Gasteiger partial charge in [-0.25, -0.2) is 8.78 Å². The predicted molar refractivity (Wildman–Crippen MR) is 91.7 cm³/mol. The van der Waals surface area contributed by atoms with Crippen molar-refractivity contribution in [3.8, 4) is 0 Å². The van der Waals surface area contributed by atoms with Gasteiger partial charge >= 0.3 is 0 Å². The average molecular weight is 360 g/mol. The molecule has 26 heavy (non-hydrogen) atoms. The molecule has 3 N–H and O–H groups in total. The van der Waals surface area contributed by atoms with Crippen LogP contribution in [0.2, 0.25) is 0 Å². The molecule has 136 valence electrons. The monoisotopic (exact) mass is 360 g/mol. The number of fused-ring (bicyclic) bond motifs is 1. The number of aliphatic hydroxyl groups is 1. The lowest BCUT2D eigenvalue weighted by Crippen LogP contribution is -2.27. The molecule has 1 amide bonds. The van der Waals surface area contributed by atoms with Gasteiger partial charge in [-0.15, -0.1) is 0 Å². The third kappa shape index (κ3) is 3.03. The Hall–Kier alpha value is -2.54. The Morgan fingerprint density at radius 3 is 2.62 bits per heavy atom. The molecule has 1 aromatic heterocycles. The second kappa shape index (κ2) is 6.02. The zero-order chi connectivity index (χ0) is 18.5. The van der Waals surface area contributed by atoms with Crippen molar-refractivity contribution in [1.29, 1.82) is 0 Å². The fraction of sp³-hybridized carbons (Fsp3) is 0.368. The molecule has 0 radical (unpaired) electrons. The van der Waals surface area contributed by atoms with Gasteiger partial charge in [-0.2, -0.15) is 0 Å². The maximum absolute atomic E-state index is 13.1. The Kier molecular flexibility index (Phi) is 3.91. The second-order valence-electron chi connectivity index (χ2n) is 6.95. The number of aliphatic hydroxyl groups excluding tert-OH is 1. The minimum atomic E-state index is -2.64. The van der Waals surface area contributed by atoms with E-state index < -0.39 is 29.4 Å². The van der Waals surface area contributed by atoms with Crippen molar-refractivity contribution in [2.45, 2.75) is 43.6 Å². The van der Waals surface area contributed by atoms with E-state index in [2.05, 4.69) is 10.3 Å². The highest BCUT2D eigenvalue weighted by Gasteiger charge is 2.57. The number of aryl methyl sites for hydroxylation is 1. The van der Waals surface area contributed by atoms with Crippen LogP contribution in [0.4, 0.5) is 14.5 Å². The zero-order valence-corrected chi connectivity index (χ0v) is 13.9. The van der Waals surface area contributed by atoms with Crippen LogP contribution in [0, 0.1) is 0 Å². The minimum absolute atomic E-state index is 0.0810. The van der Waals surface area contributed by atoms with E-state index in [0.717, 1.165) is 6.42 Å². The summed E-state index contributed by atoms with van der Waals surface area (Å²) in [5.41, 5.74) is 1.60. The van der Waals surface area contributed by atoms with Crippen molar-refractivity contribution in [1.82, 2.24) is 4.98 Å². The van der Waals surface area contributed by atoms with E-state index in [1.807, 2.05) is 0 Å². The van der Waals surface area contributed by atoms with Crippen LogP contribution < -0.4 is 10.9 Å². The predicted octanol–water partition coefficient (Wildman–Crippen LogP) is 3.12. The van der Waals surface area contributed by atoms with E-state index in [4.69, 9.17) is 0 Å². The van der Waals surface area contributed by atoms with Crippen LogP contribution in [0.1, 0.15) is 58.5 Å². The van der Waals surface area contributed by atoms with Gasteiger partial charge in [0, 0.05) is 23.4 Å². The summed E-state index contributed by atoms with van der Waals surface area (Å²) >= 11 is 0. The van der Waals surface area contributed by atoms with Gasteiger partial charge in [0.25, 0.3) is 17.4 Å². The largest absolute Gasteiger partial charge is 0.388 e. The minimum Gasteiger partial charge on any atom is -0.388 e. The number of nitrogens with one attached hydrogen (secondary N) is 2. The number of amides is 1. The lowest BCUT2D eigenvalue weighted by atomic mass is 9.92. The Balaban J connectivity index is 1.53. The van der Waals surface area contributed by atoms with Gasteiger partial charge in [0.1, 0.15) is 5.56 Å². The number of hydrogen-bond donors (Lipinski definition) is 3. The number of rotatable bonds is 3.